The summed E-state index contributed by atoms with van der Waals surface area (Å²) in [6.45, 7) is 4.26. The molecule has 49 heavy (non-hydrogen) atoms. The molecule has 16 heteroatoms. The first-order valence-corrected chi connectivity index (χ1v) is 14.3. The summed E-state index contributed by atoms with van der Waals surface area (Å²) in [7, 11) is 0. The highest BCUT2D eigenvalue weighted by atomic mass is 16.4. The third-order valence-electron chi connectivity index (χ3n) is 8.27. The molecule has 6 aromatic rings. The first-order chi connectivity index (χ1) is 23.0. The number of hydrogen-bond donors (Lipinski definition) is 10. The largest absolute Gasteiger partial charge is 0.504 e. The lowest BCUT2D eigenvalue weighted by Gasteiger charge is -2.21. The van der Waals surface area contributed by atoms with Crippen molar-refractivity contribution in [1.82, 2.24) is 0 Å². The molecule has 0 bridgehead atoms. The van der Waals surface area contributed by atoms with Crippen LogP contribution in [0.1, 0.15) is 47.9 Å². The van der Waals surface area contributed by atoms with Gasteiger partial charge in [0.25, 0.3) is 0 Å². The Morgan fingerprint density at radius 2 is 0.918 bits per heavy atom. The van der Waals surface area contributed by atoms with Gasteiger partial charge in [0.1, 0.15) is 0 Å². The number of aromatic hydroxyl groups is 10. The highest BCUT2D eigenvalue weighted by molar-refractivity contribution is 6.29. The molecule has 252 valence electrons. The maximum absolute atomic E-state index is 13.7. The fourth-order valence-electron chi connectivity index (χ4n) is 5.97. The average Bonchev–Trinajstić information content (AvgIpc) is 3.06. The van der Waals surface area contributed by atoms with Crippen LogP contribution in [0, 0.1) is 5.92 Å². The summed E-state index contributed by atoms with van der Waals surface area (Å²) in [5.41, 5.74) is -9.19. The Balaban J connectivity index is 1.95. The van der Waals surface area contributed by atoms with Crippen LogP contribution in [0.25, 0.3) is 55.0 Å². The maximum atomic E-state index is 13.7. The van der Waals surface area contributed by atoms with Crippen LogP contribution in [0.15, 0.2) is 30.6 Å². The first-order valence-electron chi connectivity index (χ1n) is 14.3. The predicted molar refractivity (Wildman–Crippen MR) is 169 cm³/mol. The molecule has 0 fully saturated rings. The average molecular weight is 677 g/mol. The van der Waals surface area contributed by atoms with Gasteiger partial charge in [-0.15, -0.1) is 0 Å². The van der Waals surface area contributed by atoms with Crippen molar-refractivity contribution >= 4 is 44.3 Å². The molecule has 10 N–H and O–H groups in total. The van der Waals surface area contributed by atoms with E-state index in [1.54, 1.807) is 0 Å². The zero-order valence-corrected chi connectivity index (χ0v) is 25.4. The van der Waals surface area contributed by atoms with Crippen LogP contribution in [0.4, 0.5) is 0 Å². The van der Waals surface area contributed by atoms with Gasteiger partial charge in [0.2, 0.25) is 23.0 Å². The topological polar surface area (TPSA) is 297 Å². The van der Waals surface area contributed by atoms with Crippen LogP contribution in [0.3, 0.4) is 0 Å². The molecule has 0 aliphatic carbocycles. The van der Waals surface area contributed by atoms with Crippen LogP contribution in [-0.2, 0) is 0 Å². The van der Waals surface area contributed by atoms with Crippen molar-refractivity contribution < 1.29 is 69.5 Å². The van der Waals surface area contributed by atoms with Gasteiger partial charge in [-0.1, -0.05) is 20.8 Å². The summed E-state index contributed by atoms with van der Waals surface area (Å²) in [4.78, 5) is 53.6. The lowest BCUT2D eigenvalue weighted by Crippen LogP contribution is -2.12. The van der Waals surface area contributed by atoms with Gasteiger partial charge in [0.05, 0.1) is 10.8 Å². The van der Waals surface area contributed by atoms with E-state index in [0.29, 0.717) is 0 Å². The molecule has 0 spiro atoms. The van der Waals surface area contributed by atoms with Crippen LogP contribution in [0.2, 0.25) is 0 Å². The van der Waals surface area contributed by atoms with E-state index >= 15 is 0 Å². The van der Waals surface area contributed by atoms with Crippen molar-refractivity contribution in [3.05, 3.63) is 44.1 Å². The number of benzene rings is 4. The van der Waals surface area contributed by atoms with E-state index in [0.717, 1.165) is 12.1 Å². The SMILES string of the molecule is CCC(=O)c1cc(O)c(O)c(O)c1-c1c(O)c(O)c2oc(=O)c3c(-c4c(C(=O)C(C)C)cc(O)c(O)c4O)c(O)c(O)c4oc(=O)c1c2c43. The molecule has 0 amide bonds. The number of phenols is 10. The smallest absolute Gasteiger partial charge is 0.345 e. The Hall–Kier alpha value is -6.84. The van der Waals surface area contributed by atoms with Crippen LogP contribution in [0.5, 0.6) is 57.5 Å². The minimum atomic E-state index is -1.48. The van der Waals surface area contributed by atoms with E-state index < -0.39 is 152 Å². The van der Waals surface area contributed by atoms with Crippen LogP contribution < -0.4 is 11.3 Å². The summed E-state index contributed by atoms with van der Waals surface area (Å²) in [6.07, 6.45) is -0.268. The van der Waals surface area contributed by atoms with Crippen molar-refractivity contribution in [2.45, 2.75) is 27.2 Å². The zero-order valence-electron chi connectivity index (χ0n) is 25.4. The Kier molecular flexibility index (Phi) is 6.94. The van der Waals surface area contributed by atoms with Gasteiger partial charge in [-0.05, 0) is 12.1 Å². The van der Waals surface area contributed by atoms with Crippen molar-refractivity contribution in [1.29, 1.82) is 0 Å². The second kappa shape index (κ2) is 10.6. The zero-order chi connectivity index (χ0) is 36.1. The normalized spacial score (nSPS) is 11.8. The third kappa shape index (κ3) is 4.16. The fourth-order valence-corrected chi connectivity index (χ4v) is 5.97. The quantitative estimate of drug-likeness (QED) is 0.0508. The molecule has 6 rings (SSSR count). The van der Waals surface area contributed by atoms with E-state index in [2.05, 4.69) is 0 Å². The third-order valence-corrected chi connectivity index (χ3v) is 8.27. The van der Waals surface area contributed by atoms with E-state index in [9.17, 15) is 70.2 Å². The molecular formula is C33H24O16. The number of carbonyl (C=O) groups is 2. The second-order valence-electron chi connectivity index (χ2n) is 11.4. The van der Waals surface area contributed by atoms with Gasteiger partial charge in [-0.3, -0.25) is 9.59 Å². The summed E-state index contributed by atoms with van der Waals surface area (Å²) in [5.74, 6) is -14.3. The molecular weight excluding hydrogens is 652 g/mol. The molecule has 16 nitrogen and oxygen atoms in total. The monoisotopic (exact) mass is 676 g/mol. The van der Waals surface area contributed by atoms with Gasteiger partial charge < -0.3 is 59.9 Å². The second-order valence-corrected chi connectivity index (χ2v) is 11.4. The summed E-state index contributed by atoms with van der Waals surface area (Å²) >= 11 is 0. The molecule has 0 radical (unpaired) electrons. The highest BCUT2D eigenvalue weighted by Crippen LogP contribution is 2.57. The fraction of sp³-hybridized carbons (Fsp3) is 0.152. The van der Waals surface area contributed by atoms with Crippen LogP contribution in [-0.4, -0.2) is 62.6 Å². The summed E-state index contributed by atoms with van der Waals surface area (Å²) < 4.78 is 10.6. The summed E-state index contributed by atoms with van der Waals surface area (Å²) in [5, 5.41) is 105. The summed E-state index contributed by atoms with van der Waals surface area (Å²) in [6, 6.07) is 1.46. The number of phenolic OH excluding ortho intramolecular Hbond substituents is 10. The van der Waals surface area contributed by atoms with Gasteiger partial charge in [-0.25, -0.2) is 9.59 Å². The van der Waals surface area contributed by atoms with E-state index in [-0.39, 0.29) is 6.42 Å². The molecule has 0 aliphatic rings. The van der Waals surface area contributed by atoms with E-state index in [4.69, 9.17) is 8.83 Å². The van der Waals surface area contributed by atoms with Gasteiger partial charge in [0.15, 0.2) is 57.2 Å². The number of Topliss-reactive ketones (excluding diaryl/α,β-unsaturated/α-hetero) is 2. The molecule has 0 aliphatic heterocycles. The van der Waals surface area contributed by atoms with Gasteiger partial charge >= 0.3 is 11.3 Å². The molecule has 0 atom stereocenters. The minimum Gasteiger partial charge on any atom is -0.504 e. The molecule has 2 aromatic heterocycles. The van der Waals surface area contributed by atoms with Gasteiger partial charge in [-0.2, -0.15) is 0 Å². The van der Waals surface area contributed by atoms with Crippen molar-refractivity contribution in [2.24, 2.45) is 5.92 Å². The maximum Gasteiger partial charge on any atom is 0.345 e. The number of rotatable bonds is 6. The number of ketones is 2. The molecule has 0 unspecified atom stereocenters. The van der Waals surface area contributed by atoms with Crippen molar-refractivity contribution in [3.8, 4) is 79.7 Å². The Labute approximate surface area is 270 Å². The van der Waals surface area contributed by atoms with E-state index in [1.807, 2.05) is 0 Å². The Bertz CT molecular complexity index is 2590. The number of hydrogen-bond acceptors (Lipinski definition) is 16. The number of carbonyl (C=O) groups excluding carboxylic acids is 2. The molecule has 4 aromatic carbocycles. The minimum absolute atomic E-state index is 0.268. The Morgan fingerprint density at radius 3 is 1.31 bits per heavy atom. The van der Waals surface area contributed by atoms with Crippen molar-refractivity contribution in [2.75, 3.05) is 0 Å². The first kappa shape index (κ1) is 32.1. The standard InChI is InChI=1S/C33H24O16/c1-4-10(34)8-5-11(35)22(38)24(40)13(8)15-19-17-18-20(33(47)49-30(17)28(44)26(15)42)16(27(43)29(45)31(18)48-32(19)46)14-9(21(37)7(2)3)6-12(36)23(39)25(14)41/h5-7,35-36,38-45H,4H2,1-3H3. The van der Waals surface area contributed by atoms with E-state index in [1.165, 1.54) is 20.8 Å². The molecule has 0 saturated carbocycles. The van der Waals surface area contributed by atoms with Crippen LogP contribution >= 0.6 is 0 Å². The highest BCUT2D eigenvalue weighted by Gasteiger charge is 2.36. The van der Waals surface area contributed by atoms with Gasteiger partial charge in [0, 0.05) is 56.5 Å². The lowest BCUT2D eigenvalue weighted by atomic mass is 9.86. The molecule has 0 saturated heterocycles. The Morgan fingerprint density at radius 1 is 0.551 bits per heavy atom. The molecule has 2 heterocycles. The van der Waals surface area contributed by atoms with Crippen molar-refractivity contribution in [3.63, 3.8) is 0 Å². The lowest BCUT2D eigenvalue weighted by molar-refractivity contribution is 0.0938. The predicted octanol–water partition coefficient (Wildman–Crippen LogP) is 4.31.